The van der Waals surface area contributed by atoms with Gasteiger partial charge in [0.2, 0.25) is 0 Å². The van der Waals surface area contributed by atoms with Crippen molar-refractivity contribution in [2.45, 2.75) is 13.5 Å². The summed E-state index contributed by atoms with van der Waals surface area (Å²) in [5.74, 6) is 1.67. The molecule has 0 aliphatic heterocycles. The molecule has 4 nitrogen and oxygen atoms in total. The number of hydrogen-bond donors (Lipinski definition) is 1. The van der Waals surface area contributed by atoms with Crippen LogP contribution in [0.5, 0.6) is 0 Å². The highest BCUT2D eigenvalue weighted by molar-refractivity contribution is 5.54. The van der Waals surface area contributed by atoms with Crippen LogP contribution in [0.25, 0.3) is 11.4 Å². The van der Waals surface area contributed by atoms with E-state index in [1.165, 1.54) is 5.56 Å². The van der Waals surface area contributed by atoms with Gasteiger partial charge in [-0.1, -0.05) is 48.0 Å². The van der Waals surface area contributed by atoms with Crippen LogP contribution < -0.4 is 5.32 Å². The standard InChI is InChI=1S/C17H18N4/c1-13-8-10-15(11-9-13)18-12-16-19-17(20-21(16)2)14-6-4-3-5-7-14/h3-11,18H,12H2,1-2H3. The van der Waals surface area contributed by atoms with Crippen molar-refractivity contribution < 1.29 is 0 Å². The van der Waals surface area contributed by atoms with E-state index in [9.17, 15) is 0 Å². The van der Waals surface area contributed by atoms with Gasteiger partial charge in [0, 0.05) is 18.3 Å². The quantitative estimate of drug-likeness (QED) is 0.795. The van der Waals surface area contributed by atoms with Gasteiger partial charge in [-0.2, -0.15) is 5.10 Å². The van der Waals surface area contributed by atoms with Crippen LogP contribution in [0.1, 0.15) is 11.4 Å². The summed E-state index contributed by atoms with van der Waals surface area (Å²) < 4.78 is 1.82. The third-order valence-electron chi connectivity index (χ3n) is 3.39. The minimum Gasteiger partial charge on any atom is -0.378 e. The molecule has 0 saturated carbocycles. The van der Waals surface area contributed by atoms with Gasteiger partial charge in [-0.3, -0.25) is 4.68 Å². The molecule has 0 unspecified atom stereocenters. The highest BCUT2D eigenvalue weighted by atomic mass is 15.3. The fourth-order valence-electron chi connectivity index (χ4n) is 2.13. The third kappa shape index (κ3) is 3.11. The lowest BCUT2D eigenvalue weighted by Gasteiger charge is -2.05. The van der Waals surface area contributed by atoms with Gasteiger partial charge in [-0.15, -0.1) is 0 Å². The van der Waals surface area contributed by atoms with E-state index in [2.05, 4.69) is 46.6 Å². The van der Waals surface area contributed by atoms with E-state index in [0.29, 0.717) is 6.54 Å². The molecule has 0 aliphatic carbocycles. The Morgan fingerprint density at radius 1 is 1.00 bits per heavy atom. The molecule has 0 fully saturated rings. The number of aromatic nitrogens is 3. The lowest BCUT2D eigenvalue weighted by Crippen LogP contribution is -2.06. The minimum atomic E-state index is 0.652. The molecule has 0 spiro atoms. The van der Waals surface area contributed by atoms with Gasteiger partial charge in [-0.05, 0) is 19.1 Å². The molecule has 1 aromatic heterocycles. The average molecular weight is 278 g/mol. The largest absolute Gasteiger partial charge is 0.378 e. The molecule has 0 bridgehead atoms. The second kappa shape index (κ2) is 5.79. The Balaban J connectivity index is 1.74. The molecule has 106 valence electrons. The van der Waals surface area contributed by atoms with Crippen LogP contribution in [0.15, 0.2) is 54.6 Å². The summed E-state index contributed by atoms with van der Waals surface area (Å²) in [6, 6.07) is 18.4. The summed E-state index contributed by atoms with van der Waals surface area (Å²) in [7, 11) is 1.92. The van der Waals surface area contributed by atoms with E-state index >= 15 is 0 Å². The number of anilines is 1. The molecule has 2 aromatic carbocycles. The van der Waals surface area contributed by atoms with Gasteiger partial charge in [0.25, 0.3) is 0 Å². The van der Waals surface area contributed by atoms with Crippen molar-refractivity contribution in [2.24, 2.45) is 7.05 Å². The first kappa shape index (κ1) is 13.4. The van der Waals surface area contributed by atoms with Gasteiger partial charge >= 0.3 is 0 Å². The van der Waals surface area contributed by atoms with Crippen molar-refractivity contribution in [2.75, 3.05) is 5.32 Å². The molecule has 0 radical (unpaired) electrons. The second-order valence-electron chi connectivity index (χ2n) is 5.06. The molecule has 0 saturated heterocycles. The molecule has 4 heteroatoms. The fraction of sp³-hybridized carbons (Fsp3) is 0.176. The number of benzene rings is 2. The first-order valence-electron chi connectivity index (χ1n) is 6.98. The smallest absolute Gasteiger partial charge is 0.181 e. The zero-order valence-electron chi connectivity index (χ0n) is 12.2. The lowest BCUT2D eigenvalue weighted by atomic mass is 10.2. The molecule has 0 amide bonds. The first-order valence-corrected chi connectivity index (χ1v) is 6.98. The Kier molecular flexibility index (Phi) is 3.69. The van der Waals surface area contributed by atoms with Gasteiger partial charge in [-0.25, -0.2) is 4.98 Å². The normalized spacial score (nSPS) is 10.6. The van der Waals surface area contributed by atoms with Gasteiger partial charge in [0.15, 0.2) is 5.82 Å². The first-order chi connectivity index (χ1) is 10.2. The van der Waals surface area contributed by atoms with Gasteiger partial charge < -0.3 is 5.32 Å². The maximum absolute atomic E-state index is 4.60. The number of nitrogens with one attached hydrogen (secondary N) is 1. The third-order valence-corrected chi connectivity index (χ3v) is 3.39. The van der Waals surface area contributed by atoms with Crippen molar-refractivity contribution in [1.82, 2.24) is 14.8 Å². The molecule has 0 aliphatic rings. The maximum Gasteiger partial charge on any atom is 0.181 e. The van der Waals surface area contributed by atoms with Crippen molar-refractivity contribution in [1.29, 1.82) is 0 Å². The Bertz CT molecular complexity index is 714. The summed E-state index contributed by atoms with van der Waals surface area (Å²) in [4.78, 5) is 4.60. The summed E-state index contributed by atoms with van der Waals surface area (Å²) in [6.07, 6.45) is 0. The van der Waals surface area contributed by atoms with Crippen LogP contribution in [0.2, 0.25) is 0 Å². The molecular weight excluding hydrogens is 260 g/mol. The Hall–Kier alpha value is -2.62. The van der Waals surface area contributed by atoms with E-state index in [4.69, 9.17) is 0 Å². The predicted octanol–water partition coefficient (Wildman–Crippen LogP) is 3.40. The molecule has 1 heterocycles. The molecular formula is C17H18N4. The summed E-state index contributed by atoms with van der Waals surface area (Å²) >= 11 is 0. The Morgan fingerprint density at radius 3 is 2.43 bits per heavy atom. The molecule has 3 rings (SSSR count). The number of hydrogen-bond acceptors (Lipinski definition) is 3. The predicted molar refractivity (Wildman–Crippen MR) is 84.9 cm³/mol. The van der Waals surface area contributed by atoms with Crippen LogP contribution in [-0.2, 0) is 13.6 Å². The Morgan fingerprint density at radius 2 is 1.71 bits per heavy atom. The van der Waals surface area contributed by atoms with E-state index in [1.54, 1.807) is 0 Å². The molecule has 0 atom stereocenters. The highest BCUT2D eigenvalue weighted by Crippen LogP contribution is 2.15. The van der Waals surface area contributed by atoms with Crippen molar-refractivity contribution in [3.8, 4) is 11.4 Å². The van der Waals surface area contributed by atoms with Crippen molar-refractivity contribution in [3.63, 3.8) is 0 Å². The average Bonchev–Trinajstić information content (AvgIpc) is 2.89. The summed E-state index contributed by atoms with van der Waals surface area (Å²) in [5.41, 5.74) is 3.38. The Labute approximate surface area is 124 Å². The summed E-state index contributed by atoms with van der Waals surface area (Å²) in [6.45, 7) is 2.73. The molecule has 3 aromatic rings. The number of rotatable bonds is 4. The van der Waals surface area contributed by atoms with Gasteiger partial charge in [0.1, 0.15) is 5.82 Å². The van der Waals surface area contributed by atoms with Crippen molar-refractivity contribution >= 4 is 5.69 Å². The lowest BCUT2D eigenvalue weighted by molar-refractivity contribution is 0.713. The van der Waals surface area contributed by atoms with Crippen LogP contribution in [-0.4, -0.2) is 14.8 Å². The monoisotopic (exact) mass is 278 g/mol. The zero-order valence-corrected chi connectivity index (χ0v) is 12.2. The van der Waals surface area contributed by atoms with E-state index in [0.717, 1.165) is 22.9 Å². The van der Waals surface area contributed by atoms with E-state index in [1.807, 2.05) is 42.1 Å². The topological polar surface area (TPSA) is 42.7 Å². The SMILES string of the molecule is Cc1ccc(NCc2nc(-c3ccccc3)nn2C)cc1. The summed E-state index contributed by atoms with van der Waals surface area (Å²) in [5, 5.41) is 7.84. The van der Waals surface area contributed by atoms with Crippen LogP contribution in [0.3, 0.4) is 0 Å². The van der Waals surface area contributed by atoms with Crippen LogP contribution in [0.4, 0.5) is 5.69 Å². The maximum atomic E-state index is 4.60. The zero-order chi connectivity index (χ0) is 14.7. The van der Waals surface area contributed by atoms with Gasteiger partial charge in [0.05, 0.1) is 6.54 Å². The molecule has 1 N–H and O–H groups in total. The fourth-order valence-corrected chi connectivity index (χ4v) is 2.13. The van der Waals surface area contributed by atoms with Crippen molar-refractivity contribution in [3.05, 3.63) is 66.0 Å². The van der Waals surface area contributed by atoms with E-state index in [-0.39, 0.29) is 0 Å². The van der Waals surface area contributed by atoms with Crippen LogP contribution >= 0.6 is 0 Å². The number of aryl methyl sites for hydroxylation is 2. The van der Waals surface area contributed by atoms with E-state index < -0.39 is 0 Å². The second-order valence-corrected chi connectivity index (χ2v) is 5.06. The van der Waals surface area contributed by atoms with Crippen LogP contribution in [0, 0.1) is 6.92 Å². The minimum absolute atomic E-state index is 0.652. The number of nitrogens with zero attached hydrogens (tertiary/aromatic N) is 3. The molecule has 21 heavy (non-hydrogen) atoms. The highest BCUT2D eigenvalue weighted by Gasteiger charge is 2.08.